The van der Waals surface area contributed by atoms with Crippen LogP contribution in [0.2, 0.25) is 5.02 Å². The maximum absolute atomic E-state index is 11.6. The summed E-state index contributed by atoms with van der Waals surface area (Å²) in [6.45, 7) is 1.82. The van der Waals surface area contributed by atoms with Crippen LogP contribution in [0.4, 0.5) is 0 Å². The van der Waals surface area contributed by atoms with E-state index in [0.717, 1.165) is 10.9 Å². The van der Waals surface area contributed by atoms with Crippen LogP contribution in [-0.4, -0.2) is 16.1 Å². The molecule has 0 bridgehead atoms. The highest BCUT2D eigenvalue weighted by atomic mass is 35.5. The third kappa shape index (κ3) is 2.98. The van der Waals surface area contributed by atoms with E-state index in [-0.39, 0.29) is 12.2 Å². The van der Waals surface area contributed by atoms with Gasteiger partial charge in [0.1, 0.15) is 12.4 Å². The number of carboxylic acid groups (broad SMARTS) is 1. The molecule has 4 nitrogen and oxygen atoms in total. The van der Waals surface area contributed by atoms with Gasteiger partial charge in [0.2, 0.25) is 0 Å². The Kier molecular flexibility index (Phi) is 4.17. The second-order valence-corrected chi connectivity index (χ2v) is 5.51. The molecule has 0 unspecified atom stereocenters. The minimum atomic E-state index is -1.02. The number of aryl methyl sites for hydroxylation is 1. The molecule has 3 aromatic rings. The predicted octanol–water partition coefficient (Wildman–Crippen LogP) is 4.47. The fraction of sp³-hybridized carbons (Fsp3) is 0.111. The summed E-state index contributed by atoms with van der Waals surface area (Å²) in [5, 5.41) is 10.8. The summed E-state index contributed by atoms with van der Waals surface area (Å²) in [6.07, 6.45) is 0. The SMILES string of the molecule is Cc1c(C(=O)O)c(COc2ccccc2Cl)nc2ccccc12. The van der Waals surface area contributed by atoms with Crippen LogP contribution < -0.4 is 4.74 Å². The lowest BCUT2D eigenvalue weighted by atomic mass is 10.0. The van der Waals surface area contributed by atoms with Crippen molar-refractivity contribution in [2.45, 2.75) is 13.5 Å². The van der Waals surface area contributed by atoms with Gasteiger partial charge in [0.05, 0.1) is 21.8 Å². The van der Waals surface area contributed by atoms with E-state index < -0.39 is 5.97 Å². The number of pyridine rings is 1. The second kappa shape index (κ2) is 6.26. The number of carbonyl (C=O) groups is 1. The number of benzene rings is 2. The average molecular weight is 328 g/mol. The number of halogens is 1. The van der Waals surface area contributed by atoms with Crippen molar-refractivity contribution in [3.05, 3.63) is 70.4 Å². The van der Waals surface area contributed by atoms with Crippen LogP contribution in [0, 0.1) is 6.92 Å². The number of para-hydroxylation sites is 2. The normalized spacial score (nSPS) is 10.7. The van der Waals surface area contributed by atoms with E-state index in [1.165, 1.54) is 0 Å². The zero-order valence-electron chi connectivity index (χ0n) is 12.4. The molecule has 0 atom stereocenters. The standard InChI is InChI=1S/C18H14ClNO3/c1-11-12-6-2-4-8-14(12)20-15(17(11)18(21)22)10-23-16-9-5-3-7-13(16)19/h2-9H,10H2,1H3,(H,21,22). The third-order valence-corrected chi connectivity index (χ3v) is 3.95. The molecule has 0 amide bonds. The minimum absolute atomic E-state index is 0.0387. The zero-order valence-corrected chi connectivity index (χ0v) is 13.2. The van der Waals surface area contributed by atoms with Crippen LogP contribution in [0.15, 0.2) is 48.5 Å². The highest BCUT2D eigenvalue weighted by Crippen LogP contribution is 2.27. The molecule has 0 aliphatic carbocycles. The highest BCUT2D eigenvalue weighted by molar-refractivity contribution is 6.32. The van der Waals surface area contributed by atoms with E-state index in [2.05, 4.69) is 4.98 Å². The van der Waals surface area contributed by atoms with Crippen molar-refractivity contribution in [3.8, 4) is 5.75 Å². The largest absolute Gasteiger partial charge is 0.486 e. The Hall–Kier alpha value is -2.59. The maximum Gasteiger partial charge on any atom is 0.337 e. The van der Waals surface area contributed by atoms with Gasteiger partial charge >= 0.3 is 5.97 Å². The Morgan fingerprint density at radius 1 is 1.17 bits per heavy atom. The first-order valence-electron chi connectivity index (χ1n) is 7.06. The van der Waals surface area contributed by atoms with Gasteiger partial charge in [0.25, 0.3) is 0 Å². The molecule has 1 aromatic heterocycles. The summed E-state index contributed by atoms with van der Waals surface area (Å²) in [6, 6.07) is 14.5. The van der Waals surface area contributed by atoms with Crippen LogP contribution in [0.25, 0.3) is 10.9 Å². The van der Waals surface area contributed by atoms with E-state index in [1.807, 2.05) is 24.3 Å². The summed E-state index contributed by atoms with van der Waals surface area (Å²) >= 11 is 6.06. The molecule has 0 fully saturated rings. The van der Waals surface area contributed by atoms with Gasteiger partial charge in [0, 0.05) is 5.39 Å². The molecule has 116 valence electrons. The third-order valence-electron chi connectivity index (χ3n) is 3.64. The van der Waals surface area contributed by atoms with Crippen molar-refractivity contribution in [1.82, 2.24) is 4.98 Å². The number of aromatic nitrogens is 1. The van der Waals surface area contributed by atoms with Gasteiger partial charge in [-0.2, -0.15) is 0 Å². The van der Waals surface area contributed by atoms with E-state index in [9.17, 15) is 9.90 Å². The molecule has 23 heavy (non-hydrogen) atoms. The molecule has 2 aromatic carbocycles. The second-order valence-electron chi connectivity index (χ2n) is 5.10. The molecule has 0 aliphatic heterocycles. The van der Waals surface area contributed by atoms with E-state index in [4.69, 9.17) is 16.3 Å². The van der Waals surface area contributed by atoms with Crippen molar-refractivity contribution in [3.63, 3.8) is 0 Å². The number of nitrogens with zero attached hydrogens (tertiary/aromatic N) is 1. The molecular formula is C18H14ClNO3. The van der Waals surface area contributed by atoms with Crippen molar-refractivity contribution < 1.29 is 14.6 Å². The molecule has 1 heterocycles. The van der Waals surface area contributed by atoms with Crippen LogP contribution >= 0.6 is 11.6 Å². The molecule has 0 spiro atoms. The van der Waals surface area contributed by atoms with Gasteiger partial charge in [-0.1, -0.05) is 41.9 Å². The smallest absolute Gasteiger partial charge is 0.337 e. The lowest BCUT2D eigenvalue weighted by Crippen LogP contribution is -2.11. The lowest BCUT2D eigenvalue weighted by Gasteiger charge is -2.13. The van der Waals surface area contributed by atoms with Crippen molar-refractivity contribution in [1.29, 1.82) is 0 Å². The Labute approximate surface area is 138 Å². The van der Waals surface area contributed by atoms with Gasteiger partial charge in [0.15, 0.2) is 0 Å². The van der Waals surface area contributed by atoms with Gasteiger partial charge < -0.3 is 9.84 Å². The molecule has 0 radical (unpaired) electrons. The molecular weight excluding hydrogens is 314 g/mol. The fourth-order valence-electron chi connectivity index (χ4n) is 2.54. The first kappa shape index (κ1) is 15.3. The summed E-state index contributed by atoms with van der Waals surface area (Å²) < 4.78 is 5.66. The molecule has 0 saturated carbocycles. The van der Waals surface area contributed by atoms with Crippen molar-refractivity contribution >= 4 is 28.5 Å². The molecule has 5 heteroatoms. The van der Waals surface area contributed by atoms with Gasteiger partial charge in [-0.05, 0) is 30.7 Å². The maximum atomic E-state index is 11.6. The lowest BCUT2D eigenvalue weighted by molar-refractivity contribution is 0.0692. The Morgan fingerprint density at radius 3 is 2.61 bits per heavy atom. The van der Waals surface area contributed by atoms with Gasteiger partial charge in [-0.25, -0.2) is 9.78 Å². The van der Waals surface area contributed by atoms with Crippen LogP contribution in [0.5, 0.6) is 5.75 Å². The molecule has 0 aliphatic rings. The molecule has 3 rings (SSSR count). The first-order chi connectivity index (χ1) is 11.1. The number of rotatable bonds is 4. The molecule has 1 N–H and O–H groups in total. The predicted molar refractivity (Wildman–Crippen MR) is 89.2 cm³/mol. The summed E-state index contributed by atoms with van der Waals surface area (Å²) in [5.74, 6) is -0.517. The number of hydrogen-bond donors (Lipinski definition) is 1. The number of fused-ring (bicyclic) bond motifs is 1. The number of ether oxygens (including phenoxy) is 1. The van der Waals surface area contributed by atoms with Crippen molar-refractivity contribution in [2.24, 2.45) is 0 Å². The fourth-order valence-corrected chi connectivity index (χ4v) is 2.73. The number of aromatic carboxylic acids is 1. The van der Waals surface area contributed by atoms with Crippen LogP contribution in [0.1, 0.15) is 21.6 Å². The molecule has 0 saturated heterocycles. The topological polar surface area (TPSA) is 59.4 Å². The first-order valence-corrected chi connectivity index (χ1v) is 7.44. The highest BCUT2D eigenvalue weighted by Gasteiger charge is 2.18. The van der Waals surface area contributed by atoms with E-state index in [0.29, 0.717) is 22.0 Å². The Morgan fingerprint density at radius 2 is 1.87 bits per heavy atom. The van der Waals surface area contributed by atoms with E-state index >= 15 is 0 Å². The quantitative estimate of drug-likeness (QED) is 0.767. The van der Waals surface area contributed by atoms with Crippen LogP contribution in [-0.2, 0) is 6.61 Å². The Bertz CT molecular complexity index is 893. The monoisotopic (exact) mass is 327 g/mol. The van der Waals surface area contributed by atoms with Gasteiger partial charge in [-0.15, -0.1) is 0 Å². The van der Waals surface area contributed by atoms with Gasteiger partial charge in [-0.3, -0.25) is 0 Å². The zero-order chi connectivity index (χ0) is 16.4. The average Bonchev–Trinajstić information content (AvgIpc) is 2.54. The summed E-state index contributed by atoms with van der Waals surface area (Å²) in [7, 11) is 0. The Balaban J connectivity index is 2.04. The number of carboxylic acids is 1. The summed E-state index contributed by atoms with van der Waals surface area (Å²) in [5.41, 5.74) is 1.98. The minimum Gasteiger partial charge on any atom is -0.486 e. The van der Waals surface area contributed by atoms with Crippen molar-refractivity contribution in [2.75, 3.05) is 0 Å². The van der Waals surface area contributed by atoms with E-state index in [1.54, 1.807) is 31.2 Å². The number of hydrogen-bond acceptors (Lipinski definition) is 3. The van der Waals surface area contributed by atoms with Crippen LogP contribution in [0.3, 0.4) is 0 Å². The summed E-state index contributed by atoms with van der Waals surface area (Å²) in [4.78, 5) is 16.1.